The predicted molar refractivity (Wildman–Crippen MR) is 129 cm³/mol. The van der Waals surface area contributed by atoms with Gasteiger partial charge in [-0.1, -0.05) is 41.4 Å². The molecular weight excluding hydrogens is 486 g/mol. The largest absolute Gasteiger partial charge is 0.494 e. The molecule has 2 aliphatic heterocycles. The van der Waals surface area contributed by atoms with Crippen LogP contribution in [-0.4, -0.2) is 36.7 Å². The Kier molecular flexibility index (Phi) is 6.25. The van der Waals surface area contributed by atoms with E-state index < -0.39 is 6.04 Å². The SMILES string of the molecule is CCCCOc1cccc(C2c3c(oc4ccc(Br)cc4c3=O)C(=O)N2CC2CCCO2)c1. The Hall–Kier alpha value is -2.64. The van der Waals surface area contributed by atoms with E-state index in [1.165, 1.54) is 0 Å². The van der Waals surface area contributed by atoms with Gasteiger partial charge in [0.15, 0.2) is 5.43 Å². The Morgan fingerprint density at radius 3 is 2.85 bits per heavy atom. The summed E-state index contributed by atoms with van der Waals surface area (Å²) in [7, 11) is 0. The molecule has 33 heavy (non-hydrogen) atoms. The highest BCUT2D eigenvalue weighted by Gasteiger charge is 2.44. The number of hydrogen-bond donors (Lipinski definition) is 0. The third kappa shape index (κ3) is 4.20. The summed E-state index contributed by atoms with van der Waals surface area (Å²) in [4.78, 5) is 28.9. The Labute approximate surface area is 200 Å². The van der Waals surface area contributed by atoms with Gasteiger partial charge in [0.25, 0.3) is 5.91 Å². The highest BCUT2D eigenvalue weighted by molar-refractivity contribution is 9.10. The van der Waals surface area contributed by atoms with Crippen molar-refractivity contribution in [3.05, 3.63) is 74.0 Å². The van der Waals surface area contributed by atoms with Crippen molar-refractivity contribution in [2.24, 2.45) is 0 Å². The molecule has 0 aliphatic carbocycles. The lowest BCUT2D eigenvalue weighted by molar-refractivity contribution is 0.0486. The van der Waals surface area contributed by atoms with Gasteiger partial charge in [-0.15, -0.1) is 0 Å². The van der Waals surface area contributed by atoms with Crippen molar-refractivity contribution < 1.29 is 18.7 Å². The third-order valence-electron chi connectivity index (χ3n) is 6.29. The molecule has 172 valence electrons. The average Bonchev–Trinajstić information content (AvgIpc) is 3.42. The second-order valence-electron chi connectivity index (χ2n) is 8.58. The van der Waals surface area contributed by atoms with Gasteiger partial charge in [-0.2, -0.15) is 0 Å². The van der Waals surface area contributed by atoms with Crippen LogP contribution < -0.4 is 10.2 Å². The molecule has 1 amide bonds. The molecule has 2 aliphatic rings. The van der Waals surface area contributed by atoms with Crippen LogP contribution in [0.3, 0.4) is 0 Å². The summed E-state index contributed by atoms with van der Waals surface area (Å²) in [5.41, 5.74) is 1.44. The normalized spacial score (nSPS) is 19.9. The predicted octanol–water partition coefficient (Wildman–Crippen LogP) is 5.46. The van der Waals surface area contributed by atoms with Gasteiger partial charge in [0, 0.05) is 17.6 Å². The van der Waals surface area contributed by atoms with Gasteiger partial charge in [0.2, 0.25) is 5.76 Å². The molecule has 0 bridgehead atoms. The summed E-state index contributed by atoms with van der Waals surface area (Å²) in [5.74, 6) is 0.576. The van der Waals surface area contributed by atoms with E-state index in [0.29, 0.717) is 36.3 Å². The molecule has 2 atom stereocenters. The molecule has 1 aromatic heterocycles. The van der Waals surface area contributed by atoms with Crippen molar-refractivity contribution >= 4 is 32.8 Å². The number of carbonyl (C=O) groups excluding carboxylic acids is 1. The Balaban J connectivity index is 1.62. The van der Waals surface area contributed by atoms with Crippen LogP contribution in [0.2, 0.25) is 0 Å². The molecule has 5 rings (SSSR count). The first-order chi connectivity index (χ1) is 16.1. The quantitative estimate of drug-likeness (QED) is 0.394. The van der Waals surface area contributed by atoms with Crippen molar-refractivity contribution in [3.63, 3.8) is 0 Å². The molecule has 2 aromatic carbocycles. The highest BCUT2D eigenvalue weighted by atomic mass is 79.9. The monoisotopic (exact) mass is 511 g/mol. The van der Waals surface area contributed by atoms with Gasteiger partial charge in [-0.25, -0.2) is 0 Å². The Morgan fingerprint density at radius 2 is 2.06 bits per heavy atom. The lowest BCUT2D eigenvalue weighted by atomic mass is 9.98. The number of fused-ring (bicyclic) bond motifs is 2. The standard InChI is InChI=1S/C26H26BrNO5/c1-2-3-11-31-18-7-4-6-16(13-18)23-22-24(29)20-14-17(27)9-10-21(20)33-25(22)26(30)28(23)15-19-8-5-12-32-19/h4,6-7,9-10,13-14,19,23H,2-3,5,8,11-12,15H2,1H3. The first-order valence-corrected chi connectivity index (χ1v) is 12.3. The van der Waals surface area contributed by atoms with E-state index >= 15 is 0 Å². The summed E-state index contributed by atoms with van der Waals surface area (Å²) in [6, 6.07) is 12.4. The van der Waals surface area contributed by atoms with Crippen LogP contribution in [0.5, 0.6) is 5.75 Å². The van der Waals surface area contributed by atoms with Crippen molar-refractivity contribution in [1.82, 2.24) is 4.90 Å². The lowest BCUT2D eigenvalue weighted by Gasteiger charge is -2.27. The zero-order valence-corrected chi connectivity index (χ0v) is 20.1. The minimum absolute atomic E-state index is 0.0478. The number of amides is 1. The first kappa shape index (κ1) is 22.2. The van der Waals surface area contributed by atoms with Crippen LogP contribution in [0.15, 0.2) is 56.1 Å². The number of hydrogen-bond acceptors (Lipinski definition) is 5. The van der Waals surface area contributed by atoms with Gasteiger partial charge in [0.05, 0.1) is 29.7 Å². The maximum atomic E-state index is 13.7. The smallest absolute Gasteiger partial charge is 0.291 e. The number of carbonyl (C=O) groups is 1. The van der Waals surface area contributed by atoms with Gasteiger partial charge < -0.3 is 18.8 Å². The molecule has 0 radical (unpaired) electrons. The molecule has 1 fully saturated rings. The maximum absolute atomic E-state index is 13.7. The van der Waals surface area contributed by atoms with Crippen LogP contribution in [-0.2, 0) is 4.74 Å². The molecule has 0 spiro atoms. The molecule has 2 unspecified atom stereocenters. The molecule has 7 heteroatoms. The topological polar surface area (TPSA) is 69.0 Å². The zero-order valence-electron chi connectivity index (χ0n) is 18.5. The fraction of sp³-hybridized carbons (Fsp3) is 0.385. The first-order valence-electron chi connectivity index (χ1n) is 11.5. The second-order valence-corrected chi connectivity index (χ2v) is 9.50. The molecule has 0 N–H and O–H groups in total. The Morgan fingerprint density at radius 1 is 1.18 bits per heavy atom. The number of nitrogens with zero attached hydrogens (tertiary/aromatic N) is 1. The average molecular weight is 512 g/mol. The number of halogens is 1. The molecular formula is C26H26BrNO5. The van der Waals surface area contributed by atoms with Crippen LogP contribution in [0.25, 0.3) is 11.0 Å². The van der Waals surface area contributed by atoms with Gasteiger partial charge in [0.1, 0.15) is 11.3 Å². The molecule has 6 nitrogen and oxygen atoms in total. The van der Waals surface area contributed by atoms with E-state index in [4.69, 9.17) is 13.9 Å². The minimum atomic E-state index is -0.550. The highest BCUT2D eigenvalue weighted by Crippen LogP contribution is 2.40. The van der Waals surface area contributed by atoms with Gasteiger partial charge >= 0.3 is 0 Å². The van der Waals surface area contributed by atoms with E-state index in [-0.39, 0.29) is 23.2 Å². The summed E-state index contributed by atoms with van der Waals surface area (Å²) < 4.78 is 18.5. The lowest BCUT2D eigenvalue weighted by Crippen LogP contribution is -2.36. The van der Waals surface area contributed by atoms with Crippen molar-refractivity contribution in [2.45, 2.75) is 44.8 Å². The van der Waals surface area contributed by atoms with Crippen LogP contribution >= 0.6 is 15.9 Å². The van der Waals surface area contributed by atoms with E-state index in [2.05, 4.69) is 22.9 Å². The number of rotatable bonds is 7. The molecule has 3 heterocycles. The van der Waals surface area contributed by atoms with Crippen LogP contribution in [0.4, 0.5) is 0 Å². The number of ether oxygens (including phenoxy) is 2. The van der Waals surface area contributed by atoms with Crippen molar-refractivity contribution in [3.8, 4) is 5.75 Å². The second kappa shape index (κ2) is 9.31. The fourth-order valence-electron chi connectivity index (χ4n) is 4.64. The van der Waals surface area contributed by atoms with E-state index in [9.17, 15) is 9.59 Å². The van der Waals surface area contributed by atoms with Crippen LogP contribution in [0.1, 0.15) is 60.3 Å². The van der Waals surface area contributed by atoms with Gasteiger partial charge in [-0.3, -0.25) is 9.59 Å². The number of benzene rings is 2. The van der Waals surface area contributed by atoms with Crippen LogP contribution in [0, 0.1) is 0 Å². The number of unbranched alkanes of at least 4 members (excludes halogenated alkanes) is 1. The summed E-state index contributed by atoms with van der Waals surface area (Å²) in [6.07, 6.45) is 3.82. The summed E-state index contributed by atoms with van der Waals surface area (Å²) >= 11 is 3.44. The third-order valence-corrected chi connectivity index (χ3v) is 6.79. The summed E-state index contributed by atoms with van der Waals surface area (Å²) in [6.45, 7) is 3.85. The van der Waals surface area contributed by atoms with Gasteiger partial charge in [-0.05, 0) is 55.2 Å². The maximum Gasteiger partial charge on any atom is 0.291 e. The minimum Gasteiger partial charge on any atom is -0.494 e. The van der Waals surface area contributed by atoms with Crippen molar-refractivity contribution in [1.29, 1.82) is 0 Å². The van der Waals surface area contributed by atoms with E-state index in [1.54, 1.807) is 23.1 Å². The fourth-order valence-corrected chi connectivity index (χ4v) is 5.01. The van der Waals surface area contributed by atoms with Crippen molar-refractivity contribution in [2.75, 3.05) is 19.8 Å². The zero-order chi connectivity index (χ0) is 22.9. The Bertz CT molecular complexity index is 1250. The van der Waals surface area contributed by atoms with E-state index in [0.717, 1.165) is 41.5 Å². The molecule has 1 saturated heterocycles. The molecule has 0 saturated carbocycles. The van der Waals surface area contributed by atoms with E-state index in [1.807, 2.05) is 24.3 Å². The summed E-state index contributed by atoms with van der Waals surface area (Å²) in [5, 5.41) is 0.454. The molecule has 3 aromatic rings.